The summed E-state index contributed by atoms with van der Waals surface area (Å²) in [6.07, 6.45) is 4.22. The van der Waals surface area contributed by atoms with Crippen molar-refractivity contribution in [1.29, 1.82) is 0 Å². The number of amides is 3. The van der Waals surface area contributed by atoms with Crippen LogP contribution in [0.4, 0.5) is 0 Å². The number of nitrogens with one attached hydrogen (secondary N) is 2. The third-order valence-electron chi connectivity index (χ3n) is 3.98. The molecule has 2 saturated heterocycles. The number of rotatable bonds is 4. The van der Waals surface area contributed by atoms with Crippen molar-refractivity contribution in [3.8, 4) is 0 Å². The molecule has 23 heavy (non-hydrogen) atoms. The zero-order valence-electron chi connectivity index (χ0n) is 12.5. The minimum absolute atomic E-state index is 0.103. The minimum atomic E-state index is -0.489. The molecule has 0 aliphatic carbocycles. The molecule has 3 amide bonds. The Labute approximate surface area is 138 Å². The number of carbonyl (C=O) groups is 3. The van der Waals surface area contributed by atoms with Gasteiger partial charge in [0, 0.05) is 31.1 Å². The van der Waals surface area contributed by atoms with Crippen molar-refractivity contribution in [1.82, 2.24) is 20.5 Å². The van der Waals surface area contributed by atoms with Crippen LogP contribution in [0.1, 0.15) is 18.4 Å². The van der Waals surface area contributed by atoms with E-state index < -0.39 is 12.1 Å². The maximum absolute atomic E-state index is 12.5. The van der Waals surface area contributed by atoms with E-state index in [0.29, 0.717) is 31.0 Å². The molecule has 0 spiro atoms. The normalized spacial score (nSPS) is 23.7. The highest BCUT2D eigenvalue weighted by Gasteiger charge is 2.39. The molecule has 1 aromatic heterocycles. The van der Waals surface area contributed by atoms with E-state index in [0.717, 1.165) is 5.56 Å². The lowest BCUT2D eigenvalue weighted by molar-refractivity contribution is -0.139. The molecule has 2 fully saturated rings. The number of hydrogen-bond acceptors (Lipinski definition) is 5. The average molecular weight is 334 g/mol. The van der Waals surface area contributed by atoms with Gasteiger partial charge in [0.2, 0.25) is 17.7 Å². The minimum Gasteiger partial charge on any atom is -0.350 e. The standard InChI is InChI=1S/C15H18N4O3S/c20-13-2-1-11(18-13)15(22)19-9-23-8-12(19)14(21)17-7-10-3-5-16-6-4-10/h3-6,11-12H,1-2,7-9H2,(H,17,21)(H,18,20). The topological polar surface area (TPSA) is 91.4 Å². The fourth-order valence-electron chi connectivity index (χ4n) is 2.68. The first kappa shape index (κ1) is 15.8. The zero-order valence-corrected chi connectivity index (χ0v) is 13.3. The van der Waals surface area contributed by atoms with Gasteiger partial charge in [-0.2, -0.15) is 0 Å². The molecule has 0 radical (unpaired) electrons. The SMILES string of the molecule is O=C1CCC(C(=O)N2CSCC2C(=O)NCc2ccncc2)N1. The fraction of sp³-hybridized carbons (Fsp3) is 0.467. The van der Waals surface area contributed by atoms with Crippen LogP contribution >= 0.6 is 11.8 Å². The number of carbonyl (C=O) groups excluding carboxylic acids is 3. The Bertz CT molecular complexity index is 610. The molecular formula is C15H18N4O3S. The Morgan fingerprint density at radius 3 is 2.87 bits per heavy atom. The van der Waals surface area contributed by atoms with E-state index in [1.54, 1.807) is 29.1 Å². The van der Waals surface area contributed by atoms with Crippen LogP contribution in [0.25, 0.3) is 0 Å². The summed E-state index contributed by atoms with van der Waals surface area (Å²) in [6, 6.07) is 2.70. The van der Waals surface area contributed by atoms with Crippen LogP contribution in [0.2, 0.25) is 0 Å². The maximum Gasteiger partial charge on any atom is 0.246 e. The second kappa shape index (κ2) is 6.99. The van der Waals surface area contributed by atoms with Crippen LogP contribution in [0, 0.1) is 0 Å². The van der Waals surface area contributed by atoms with E-state index in [9.17, 15) is 14.4 Å². The molecule has 0 aromatic carbocycles. The third-order valence-corrected chi connectivity index (χ3v) is 4.99. The molecule has 3 heterocycles. The van der Waals surface area contributed by atoms with Crippen molar-refractivity contribution >= 4 is 29.5 Å². The molecule has 122 valence electrons. The second-order valence-corrected chi connectivity index (χ2v) is 6.56. The van der Waals surface area contributed by atoms with E-state index in [-0.39, 0.29) is 17.7 Å². The van der Waals surface area contributed by atoms with Gasteiger partial charge >= 0.3 is 0 Å². The maximum atomic E-state index is 12.5. The monoisotopic (exact) mass is 334 g/mol. The lowest BCUT2D eigenvalue weighted by atomic mass is 10.1. The lowest BCUT2D eigenvalue weighted by Crippen LogP contribution is -2.52. The van der Waals surface area contributed by atoms with Gasteiger partial charge in [-0.1, -0.05) is 0 Å². The highest BCUT2D eigenvalue weighted by molar-refractivity contribution is 7.99. The van der Waals surface area contributed by atoms with Gasteiger partial charge in [-0.15, -0.1) is 11.8 Å². The van der Waals surface area contributed by atoms with E-state index >= 15 is 0 Å². The highest BCUT2D eigenvalue weighted by Crippen LogP contribution is 2.23. The van der Waals surface area contributed by atoms with Gasteiger partial charge in [-0.25, -0.2) is 0 Å². The van der Waals surface area contributed by atoms with Crippen molar-refractivity contribution in [2.45, 2.75) is 31.5 Å². The van der Waals surface area contributed by atoms with Crippen molar-refractivity contribution < 1.29 is 14.4 Å². The van der Waals surface area contributed by atoms with Gasteiger partial charge in [-0.05, 0) is 24.1 Å². The van der Waals surface area contributed by atoms with Crippen LogP contribution in [-0.2, 0) is 20.9 Å². The summed E-state index contributed by atoms with van der Waals surface area (Å²) < 4.78 is 0. The Hall–Kier alpha value is -2.09. The quantitative estimate of drug-likeness (QED) is 0.801. The predicted molar refractivity (Wildman–Crippen MR) is 85.2 cm³/mol. The van der Waals surface area contributed by atoms with E-state index in [4.69, 9.17) is 0 Å². The molecule has 2 atom stereocenters. The van der Waals surface area contributed by atoms with Gasteiger partial charge in [0.05, 0.1) is 5.88 Å². The van der Waals surface area contributed by atoms with Crippen molar-refractivity contribution in [3.63, 3.8) is 0 Å². The zero-order chi connectivity index (χ0) is 16.2. The molecular weight excluding hydrogens is 316 g/mol. The summed E-state index contributed by atoms with van der Waals surface area (Å²) in [7, 11) is 0. The van der Waals surface area contributed by atoms with Crippen molar-refractivity contribution in [3.05, 3.63) is 30.1 Å². The summed E-state index contributed by atoms with van der Waals surface area (Å²) in [5.74, 6) is 0.635. The molecule has 2 unspecified atom stereocenters. The van der Waals surface area contributed by atoms with Crippen LogP contribution in [0.3, 0.4) is 0 Å². The van der Waals surface area contributed by atoms with E-state index in [1.807, 2.05) is 12.1 Å². The Morgan fingerprint density at radius 1 is 1.39 bits per heavy atom. The average Bonchev–Trinajstić information content (AvgIpc) is 3.22. The first-order chi connectivity index (χ1) is 11.1. The number of thioether (sulfide) groups is 1. The first-order valence-corrected chi connectivity index (χ1v) is 8.65. The molecule has 2 aliphatic heterocycles. The fourth-order valence-corrected chi connectivity index (χ4v) is 3.85. The van der Waals surface area contributed by atoms with Crippen molar-refractivity contribution in [2.75, 3.05) is 11.6 Å². The number of aromatic nitrogens is 1. The first-order valence-electron chi connectivity index (χ1n) is 7.49. The summed E-state index contributed by atoms with van der Waals surface area (Å²) in [6.45, 7) is 0.407. The van der Waals surface area contributed by atoms with Gasteiger partial charge in [0.1, 0.15) is 12.1 Å². The largest absolute Gasteiger partial charge is 0.350 e. The number of nitrogens with zero attached hydrogens (tertiary/aromatic N) is 2. The smallest absolute Gasteiger partial charge is 0.246 e. The van der Waals surface area contributed by atoms with E-state index in [2.05, 4.69) is 15.6 Å². The van der Waals surface area contributed by atoms with Crippen LogP contribution in [0.5, 0.6) is 0 Å². The van der Waals surface area contributed by atoms with Crippen LogP contribution < -0.4 is 10.6 Å². The molecule has 2 N–H and O–H groups in total. The molecule has 2 aliphatic rings. The van der Waals surface area contributed by atoms with Gasteiger partial charge in [-0.3, -0.25) is 19.4 Å². The summed E-state index contributed by atoms with van der Waals surface area (Å²) in [5, 5.41) is 5.53. The molecule has 8 heteroatoms. The van der Waals surface area contributed by atoms with Crippen LogP contribution in [0.15, 0.2) is 24.5 Å². The number of hydrogen-bond donors (Lipinski definition) is 2. The van der Waals surface area contributed by atoms with E-state index in [1.165, 1.54) is 0 Å². The van der Waals surface area contributed by atoms with Crippen LogP contribution in [-0.4, -0.2) is 51.3 Å². The molecule has 0 saturated carbocycles. The molecule has 1 aromatic rings. The van der Waals surface area contributed by atoms with Gasteiger partial charge in [0.25, 0.3) is 0 Å². The molecule has 0 bridgehead atoms. The van der Waals surface area contributed by atoms with Gasteiger partial charge < -0.3 is 15.5 Å². The molecule has 7 nitrogen and oxygen atoms in total. The number of pyridine rings is 1. The third kappa shape index (κ3) is 3.64. The highest BCUT2D eigenvalue weighted by atomic mass is 32.2. The lowest BCUT2D eigenvalue weighted by Gasteiger charge is -2.25. The Balaban J connectivity index is 1.58. The second-order valence-electron chi connectivity index (χ2n) is 5.56. The summed E-state index contributed by atoms with van der Waals surface area (Å²) in [4.78, 5) is 41.7. The molecule has 3 rings (SSSR count). The Kier molecular flexibility index (Phi) is 4.80. The van der Waals surface area contributed by atoms with Gasteiger partial charge in [0.15, 0.2) is 0 Å². The summed E-state index contributed by atoms with van der Waals surface area (Å²) >= 11 is 1.55. The Morgan fingerprint density at radius 2 is 2.17 bits per heavy atom. The summed E-state index contributed by atoms with van der Waals surface area (Å²) in [5.41, 5.74) is 0.958. The predicted octanol–water partition coefficient (Wildman–Crippen LogP) is -0.122. The van der Waals surface area contributed by atoms with Crippen molar-refractivity contribution in [2.24, 2.45) is 0 Å².